The van der Waals surface area contributed by atoms with E-state index in [0.717, 1.165) is 16.7 Å². The van der Waals surface area contributed by atoms with Gasteiger partial charge < -0.3 is 25.4 Å². The highest BCUT2D eigenvalue weighted by Gasteiger charge is 2.79. The molecule has 3 aliphatic heterocycles. The van der Waals surface area contributed by atoms with Gasteiger partial charge in [0.2, 0.25) is 17.7 Å². The summed E-state index contributed by atoms with van der Waals surface area (Å²) in [6.45, 7) is 2.29. The van der Waals surface area contributed by atoms with Crippen LogP contribution in [0.25, 0.3) is 0 Å². The van der Waals surface area contributed by atoms with Gasteiger partial charge in [-0.05, 0) is 42.4 Å². The second-order valence-corrected chi connectivity index (χ2v) is 12.0. The summed E-state index contributed by atoms with van der Waals surface area (Å²) < 4.78 is 6.87. The number of hydrogen-bond donors (Lipinski definition) is 3. The first-order valence-electron chi connectivity index (χ1n) is 15.2. The standard InChI is InChI=1S/C35H39N3O5/c1-2-34-18-19-35(43-34)29(28(34)31(40)36-21-25-14-8-4-9-15-25)33(42)38(27(23-39)20-24-12-6-3-7-13-24)30(35)32(41)37-22-26-16-10-5-11-17-26/h3-17,27-30,39H,2,18-23H2,1H3,(H,36,40)(H,37,41)/t27-,28+,29+,30?,34-,35?/m1/s1. The lowest BCUT2D eigenvalue weighted by atomic mass is 9.65. The molecule has 3 aromatic carbocycles. The Hall–Kier alpha value is -4.01. The molecular weight excluding hydrogens is 542 g/mol. The highest BCUT2D eigenvalue weighted by atomic mass is 16.5. The Kier molecular flexibility index (Phi) is 8.07. The van der Waals surface area contributed by atoms with E-state index in [1.807, 2.05) is 97.9 Å². The summed E-state index contributed by atoms with van der Waals surface area (Å²) in [5, 5.41) is 16.8. The van der Waals surface area contributed by atoms with Gasteiger partial charge in [-0.15, -0.1) is 0 Å². The lowest BCUT2D eigenvalue weighted by molar-refractivity contribution is -0.151. The van der Waals surface area contributed by atoms with Crippen molar-refractivity contribution < 1.29 is 24.2 Å². The Morgan fingerprint density at radius 3 is 1.93 bits per heavy atom. The van der Waals surface area contributed by atoms with Crippen molar-refractivity contribution in [2.24, 2.45) is 11.8 Å². The number of rotatable bonds is 11. The molecule has 0 aromatic heterocycles. The molecule has 2 bridgehead atoms. The van der Waals surface area contributed by atoms with Crippen LogP contribution in [-0.2, 0) is 38.6 Å². The summed E-state index contributed by atoms with van der Waals surface area (Å²) in [7, 11) is 0. The molecule has 6 atom stereocenters. The highest BCUT2D eigenvalue weighted by molar-refractivity contribution is 5.99. The van der Waals surface area contributed by atoms with Crippen LogP contribution in [0.5, 0.6) is 0 Å². The first kappa shape index (κ1) is 29.1. The SMILES string of the molecule is CC[C@]12CCC3(O1)C(C(=O)NCc1ccccc1)N([C@@H](CO)Cc1ccccc1)C(=O)[C@@H]3[C@H]2C(=O)NCc1ccccc1. The van der Waals surface area contributed by atoms with Gasteiger partial charge in [-0.3, -0.25) is 14.4 Å². The number of nitrogens with one attached hydrogen (secondary N) is 2. The van der Waals surface area contributed by atoms with Gasteiger partial charge in [0, 0.05) is 13.1 Å². The van der Waals surface area contributed by atoms with Gasteiger partial charge in [-0.2, -0.15) is 0 Å². The molecule has 43 heavy (non-hydrogen) atoms. The minimum absolute atomic E-state index is 0.237. The summed E-state index contributed by atoms with van der Waals surface area (Å²) in [6, 6.07) is 27.3. The van der Waals surface area contributed by atoms with Crippen LogP contribution >= 0.6 is 0 Å². The number of aliphatic hydroxyl groups is 1. The van der Waals surface area contributed by atoms with Crippen LogP contribution in [0.4, 0.5) is 0 Å². The number of amides is 3. The number of carbonyl (C=O) groups excluding carboxylic acids is 3. The zero-order valence-corrected chi connectivity index (χ0v) is 24.4. The van der Waals surface area contributed by atoms with E-state index < -0.39 is 35.1 Å². The normalized spacial score (nSPS) is 28.0. The quantitative estimate of drug-likeness (QED) is 0.322. The van der Waals surface area contributed by atoms with Crippen LogP contribution in [0.1, 0.15) is 42.9 Å². The van der Waals surface area contributed by atoms with Crippen molar-refractivity contribution in [1.82, 2.24) is 15.5 Å². The molecule has 3 aromatic rings. The maximum atomic E-state index is 14.6. The minimum Gasteiger partial charge on any atom is -0.394 e. The lowest BCUT2D eigenvalue weighted by Gasteiger charge is -2.37. The number of aliphatic hydroxyl groups excluding tert-OH is 1. The minimum atomic E-state index is -1.16. The van der Waals surface area contributed by atoms with E-state index >= 15 is 0 Å². The van der Waals surface area contributed by atoms with Crippen molar-refractivity contribution in [3.63, 3.8) is 0 Å². The van der Waals surface area contributed by atoms with Gasteiger partial charge in [0.15, 0.2) is 0 Å². The third kappa shape index (κ3) is 5.12. The molecule has 6 rings (SSSR count). The molecule has 3 aliphatic rings. The van der Waals surface area contributed by atoms with Crippen LogP contribution in [0.3, 0.4) is 0 Å². The molecule has 8 nitrogen and oxygen atoms in total. The van der Waals surface area contributed by atoms with Crippen molar-refractivity contribution in [2.75, 3.05) is 6.61 Å². The summed E-state index contributed by atoms with van der Waals surface area (Å²) in [5.41, 5.74) is 0.843. The fourth-order valence-electron chi connectivity index (χ4n) is 7.66. The fourth-order valence-corrected chi connectivity index (χ4v) is 7.66. The van der Waals surface area contributed by atoms with Crippen LogP contribution in [-0.4, -0.2) is 57.6 Å². The number of hydrogen-bond acceptors (Lipinski definition) is 5. The number of ether oxygens (including phenoxy) is 1. The number of carbonyl (C=O) groups is 3. The zero-order chi connectivity index (χ0) is 30.0. The highest BCUT2D eigenvalue weighted by Crippen LogP contribution is 2.64. The predicted molar refractivity (Wildman–Crippen MR) is 161 cm³/mol. The largest absolute Gasteiger partial charge is 0.394 e. The van der Waals surface area contributed by atoms with Gasteiger partial charge in [-0.1, -0.05) is 97.9 Å². The Labute approximate surface area is 252 Å². The van der Waals surface area contributed by atoms with Crippen LogP contribution in [0.15, 0.2) is 91.0 Å². The number of nitrogens with zero attached hydrogens (tertiary/aromatic N) is 1. The Balaban J connectivity index is 1.35. The second kappa shape index (κ2) is 11.9. The predicted octanol–water partition coefficient (Wildman–Crippen LogP) is 3.38. The molecule has 3 fully saturated rings. The van der Waals surface area contributed by atoms with E-state index in [0.29, 0.717) is 38.8 Å². The number of benzene rings is 3. The van der Waals surface area contributed by atoms with Gasteiger partial charge in [-0.25, -0.2) is 0 Å². The van der Waals surface area contributed by atoms with Crippen LogP contribution in [0.2, 0.25) is 0 Å². The maximum absolute atomic E-state index is 14.6. The molecule has 3 heterocycles. The third-order valence-corrected chi connectivity index (χ3v) is 9.69. The maximum Gasteiger partial charge on any atom is 0.246 e. The Bertz CT molecular complexity index is 1450. The summed E-state index contributed by atoms with van der Waals surface area (Å²) in [5.74, 6) is -2.44. The Morgan fingerprint density at radius 1 is 0.860 bits per heavy atom. The van der Waals surface area contributed by atoms with Crippen molar-refractivity contribution in [1.29, 1.82) is 0 Å². The fraction of sp³-hybridized carbons (Fsp3) is 0.400. The molecule has 0 radical (unpaired) electrons. The van der Waals surface area contributed by atoms with Crippen molar-refractivity contribution in [2.45, 2.75) is 69.0 Å². The Morgan fingerprint density at radius 2 is 1.40 bits per heavy atom. The van der Waals surface area contributed by atoms with Crippen LogP contribution < -0.4 is 10.6 Å². The number of likely N-dealkylation sites (tertiary alicyclic amines) is 1. The number of fused-ring (bicyclic) bond motifs is 1. The van der Waals surface area contributed by atoms with Crippen molar-refractivity contribution in [3.05, 3.63) is 108 Å². The average Bonchev–Trinajstić information content (AvgIpc) is 3.66. The first-order valence-corrected chi connectivity index (χ1v) is 15.2. The van der Waals surface area contributed by atoms with Crippen LogP contribution in [0, 0.1) is 11.8 Å². The molecule has 8 heteroatoms. The topological polar surface area (TPSA) is 108 Å². The molecule has 0 saturated carbocycles. The smallest absolute Gasteiger partial charge is 0.246 e. The van der Waals surface area contributed by atoms with Gasteiger partial charge in [0.05, 0.1) is 30.1 Å². The van der Waals surface area contributed by atoms with E-state index in [1.54, 1.807) is 4.90 Å². The second-order valence-electron chi connectivity index (χ2n) is 12.0. The summed E-state index contributed by atoms with van der Waals surface area (Å²) >= 11 is 0. The van der Waals surface area contributed by atoms with E-state index in [1.165, 1.54) is 0 Å². The summed E-state index contributed by atoms with van der Waals surface area (Å²) in [6.07, 6.45) is 1.99. The molecule has 1 spiro atoms. The molecule has 224 valence electrons. The van der Waals surface area contributed by atoms with E-state index in [-0.39, 0.29) is 24.3 Å². The van der Waals surface area contributed by atoms with Gasteiger partial charge in [0.25, 0.3) is 0 Å². The van der Waals surface area contributed by atoms with E-state index in [9.17, 15) is 19.5 Å². The third-order valence-electron chi connectivity index (χ3n) is 9.69. The van der Waals surface area contributed by atoms with Gasteiger partial charge in [0.1, 0.15) is 11.6 Å². The van der Waals surface area contributed by atoms with E-state index in [2.05, 4.69) is 10.6 Å². The van der Waals surface area contributed by atoms with Crippen molar-refractivity contribution >= 4 is 17.7 Å². The lowest BCUT2D eigenvalue weighted by Crippen LogP contribution is -2.58. The monoisotopic (exact) mass is 581 g/mol. The first-order chi connectivity index (χ1) is 20.9. The summed E-state index contributed by atoms with van der Waals surface area (Å²) in [4.78, 5) is 44.3. The molecule has 3 amide bonds. The zero-order valence-electron chi connectivity index (χ0n) is 24.4. The van der Waals surface area contributed by atoms with Gasteiger partial charge >= 0.3 is 0 Å². The molecule has 3 N–H and O–H groups in total. The van der Waals surface area contributed by atoms with E-state index in [4.69, 9.17) is 4.74 Å². The van der Waals surface area contributed by atoms with Crippen molar-refractivity contribution in [3.8, 4) is 0 Å². The molecule has 3 saturated heterocycles. The average molecular weight is 582 g/mol. The molecule has 2 unspecified atom stereocenters. The molecular formula is C35H39N3O5. The molecule has 0 aliphatic carbocycles.